The van der Waals surface area contributed by atoms with Crippen LogP contribution in [0, 0.1) is 5.92 Å². The molecule has 8 nitrogen and oxygen atoms in total. The summed E-state index contributed by atoms with van der Waals surface area (Å²) >= 11 is 0. The second-order valence-corrected chi connectivity index (χ2v) is 7.43. The highest BCUT2D eigenvalue weighted by atomic mass is 16.5. The van der Waals surface area contributed by atoms with E-state index < -0.39 is 30.4 Å². The maximum atomic E-state index is 12.4. The smallest absolute Gasteiger partial charge is 0.338 e. The van der Waals surface area contributed by atoms with Gasteiger partial charge in [0.05, 0.1) is 17.6 Å². The Labute approximate surface area is 180 Å². The van der Waals surface area contributed by atoms with Crippen LogP contribution in [0.1, 0.15) is 30.6 Å². The van der Waals surface area contributed by atoms with Gasteiger partial charge in [0.2, 0.25) is 5.91 Å². The van der Waals surface area contributed by atoms with Crippen LogP contribution in [-0.2, 0) is 23.9 Å². The number of benzene rings is 2. The molecule has 162 valence electrons. The van der Waals surface area contributed by atoms with Crippen molar-refractivity contribution in [1.29, 1.82) is 0 Å². The number of nitrogens with zero attached hydrogens (tertiary/aromatic N) is 1. The first-order valence-electron chi connectivity index (χ1n) is 9.96. The molecule has 1 N–H and O–H groups in total. The number of hydrogen-bond acceptors (Lipinski definition) is 6. The van der Waals surface area contributed by atoms with E-state index in [-0.39, 0.29) is 25.0 Å². The second kappa shape index (κ2) is 9.88. The van der Waals surface area contributed by atoms with Crippen LogP contribution in [-0.4, -0.2) is 43.0 Å². The average molecular weight is 424 g/mol. The Bertz CT molecular complexity index is 956. The van der Waals surface area contributed by atoms with E-state index in [1.807, 2.05) is 6.07 Å². The first-order valence-corrected chi connectivity index (χ1v) is 9.96. The van der Waals surface area contributed by atoms with Gasteiger partial charge in [-0.25, -0.2) is 4.79 Å². The van der Waals surface area contributed by atoms with Crippen LogP contribution < -0.4 is 10.2 Å². The monoisotopic (exact) mass is 424 g/mol. The molecule has 8 heteroatoms. The molecule has 0 saturated carbocycles. The number of carbonyl (C=O) groups excluding carboxylic acids is 4. The van der Waals surface area contributed by atoms with Crippen LogP contribution in [0.3, 0.4) is 0 Å². The Morgan fingerprint density at radius 2 is 1.74 bits per heavy atom. The predicted octanol–water partition coefficient (Wildman–Crippen LogP) is 2.79. The number of esters is 2. The zero-order chi connectivity index (χ0) is 22.4. The number of ether oxygens (including phenoxy) is 2. The number of nitrogens with one attached hydrogen (secondary N) is 1. The summed E-state index contributed by atoms with van der Waals surface area (Å²) in [5, 5.41) is 2.63. The highest BCUT2D eigenvalue weighted by molar-refractivity contribution is 6.00. The predicted molar refractivity (Wildman–Crippen MR) is 113 cm³/mol. The lowest BCUT2D eigenvalue weighted by molar-refractivity contribution is -0.151. The van der Waals surface area contributed by atoms with E-state index in [1.54, 1.807) is 62.4 Å². The standard InChI is InChI=1S/C23H24N2O6/c1-15(2)31-23(29)16-8-10-19(11-9-16)25-13-17(12-21(25)27)22(28)30-14-20(26)24-18-6-4-3-5-7-18/h3-11,15,17H,12-14H2,1-2H3,(H,24,26)/t17-/m0/s1. The molecule has 0 bridgehead atoms. The molecule has 1 saturated heterocycles. The first-order chi connectivity index (χ1) is 14.8. The molecule has 0 aromatic heterocycles. The minimum atomic E-state index is -0.664. The van der Waals surface area contributed by atoms with Gasteiger partial charge in [-0.3, -0.25) is 14.4 Å². The molecule has 0 radical (unpaired) electrons. The molecular formula is C23H24N2O6. The van der Waals surface area contributed by atoms with Crippen molar-refractivity contribution in [3.05, 3.63) is 60.2 Å². The number of anilines is 2. The van der Waals surface area contributed by atoms with Crippen LogP contribution in [0.25, 0.3) is 0 Å². The maximum Gasteiger partial charge on any atom is 0.338 e. The molecule has 1 fully saturated rings. The van der Waals surface area contributed by atoms with Crippen molar-refractivity contribution in [2.75, 3.05) is 23.4 Å². The molecule has 3 rings (SSSR count). The summed E-state index contributed by atoms with van der Waals surface area (Å²) in [5.74, 6) is -2.39. The molecule has 1 atom stereocenters. The molecule has 1 aliphatic rings. The Kier molecular flexibility index (Phi) is 7.02. The van der Waals surface area contributed by atoms with Crippen LogP contribution in [0.2, 0.25) is 0 Å². The van der Waals surface area contributed by atoms with Crippen molar-refractivity contribution >= 4 is 35.1 Å². The number of para-hydroxylation sites is 1. The topological polar surface area (TPSA) is 102 Å². The van der Waals surface area contributed by atoms with Gasteiger partial charge in [0.1, 0.15) is 0 Å². The normalized spacial score (nSPS) is 15.6. The summed E-state index contributed by atoms with van der Waals surface area (Å²) in [6.45, 7) is 3.25. The van der Waals surface area contributed by atoms with Gasteiger partial charge < -0.3 is 19.7 Å². The summed E-state index contributed by atoms with van der Waals surface area (Å²) in [6, 6.07) is 15.2. The van der Waals surface area contributed by atoms with Crippen LogP contribution in [0.4, 0.5) is 11.4 Å². The zero-order valence-corrected chi connectivity index (χ0v) is 17.4. The molecule has 1 aliphatic heterocycles. The summed E-state index contributed by atoms with van der Waals surface area (Å²) in [7, 11) is 0. The quantitative estimate of drug-likeness (QED) is 0.686. The van der Waals surface area contributed by atoms with Gasteiger partial charge in [-0.15, -0.1) is 0 Å². The first kappa shape index (κ1) is 22.0. The maximum absolute atomic E-state index is 12.4. The summed E-state index contributed by atoms with van der Waals surface area (Å²) in [6.07, 6.45) is -0.232. The van der Waals surface area contributed by atoms with E-state index in [4.69, 9.17) is 9.47 Å². The van der Waals surface area contributed by atoms with E-state index in [1.165, 1.54) is 4.90 Å². The lowest BCUT2D eigenvalue weighted by Crippen LogP contribution is -2.28. The van der Waals surface area contributed by atoms with E-state index in [2.05, 4.69) is 5.32 Å². The number of rotatable bonds is 7. The van der Waals surface area contributed by atoms with Crippen molar-refractivity contribution in [2.45, 2.75) is 26.4 Å². The molecular weight excluding hydrogens is 400 g/mol. The fraction of sp³-hybridized carbons (Fsp3) is 0.304. The minimum absolute atomic E-state index is 0.00369. The lowest BCUT2D eigenvalue weighted by Gasteiger charge is -2.17. The van der Waals surface area contributed by atoms with E-state index in [0.29, 0.717) is 16.9 Å². The molecule has 0 spiro atoms. The Balaban J connectivity index is 1.52. The molecule has 31 heavy (non-hydrogen) atoms. The van der Waals surface area contributed by atoms with Crippen molar-refractivity contribution in [3.8, 4) is 0 Å². The molecule has 0 aliphatic carbocycles. The third kappa shape index (κ3) is 5.91. The molecule has 0 unspecified atom stereocenters. The Hall–Kier alpha value is -3.68. The van der Waals surface area contributed by atoms with Crippen molar-refractivity contribution in [1.82, 2.24) is 0 Å². The van der Waals surface area contributed by atoms with Gasteiger partial charge in [-0.05, 0) is 50.2 Å². The van der Waals surface area contributed by atoms with Crippen LogP contribution in [0.5, 0.6) is 0 Å². The summed E-state index contributed by atoms with van der Waals surface area (Å²) in [4.78, 5) is 50.0. The molecule has 2 aromatic rings. The average Bonchev–Trinajstić information content (AvgIpc) is 3.14. The van der Waals surface area contributed by atoms with Gasteiger partial charge >= 0.3 is 11.9 Å². The highest BCUT2D eigenvalue weighted by Gasteiger charge is 2.36. The molecule has 1 heterocycles. The summed E-state index contributed by atoms with van der Waals surface area (Å²) in [5.41, 5.74) is 1.55. The Morgan fingerprint density at radius 1 is 1.06 bits per heavy atom. The fourth-order valence-electron chi connectivity index (χ4n) is 3.15. The minimum Gasteiger partial charge on any atom is -0.459 e. The van der Waals surface area contributed by atoms with E-state index >= 15 is 0 Å². The third-order valence-corrected chi connectivity index (χ3v) is 4.62. The van der Waals surface area contributed by atoms with Crippen molar-refractivity contribution in [2.24, 2.45) is 5.92 Å². The SMILES string of the molecule is CC(C)OC(=O)c1ccc(N2C[C@@H](C(=O)OCC(=O)Nc3ccccc3)CC2=O)cc1. The number of amides is 2. The molecule has 2 aromatic carbocycles. The molecule has 2 amide bonds. The number of carbonyl (C=O) groups is 4. The zero-order valence-electron chi connectivity index (χ0n) is 17.4. The second-order valence-electron chi connectivity index (χ2n) is 7.43. The largest absolute Gasteiger partial charge is 0.459 e. The van der Waals surface area contributed by atoms with Gasteiger partial charge in [0.15, 0.2) is 6.61 Å². The van der Waals surface area contributed by atoms with Crippen molar-refractivity contribution in [3.63, 3.8) is 0 Å². The van der Waals surface area contributed by atoms with Crippen molar-refractivity contribution < 1.29 is 28.7 Å². The van der Waals surface area contributed by atoms with Crippen LogP contribution >= 0.6 is 0 Å². The van der Waals surface area contributed by atoms with Crippen LogP contribution in [0.15, 0.2) is 54.6 Å². The lowest BCUT2D eigenvalue weighted by atomic mass is 10.1. The third-order valence-electron chi connectivity index (χ3n) is 4.62. The van der Waals surface area contributed by atoms with E-state index in [0.717, 1.165) is 0 Å². The number of hydrogen-bond donors (Lipinski definition) is 1. The van der Waals surface area contributed by atoms with Gasteiger partial charge in [-0.1, -0.05) is 18.2 Å². The van der Waals surface area contributed by atoms with Gasteiger partial charge in [0, 0.05) is 24.3 Å². The van der Waals surface area contributed by atoms with Gasteiger partial charge in [-0.2, -0.15) is 0 Å². The van der Waals surface area contributed by atoms with Gasteiger partial charge in [0.25, 0.3) is 5.91 Å². The highest BCUT2D eigenvalue weighted by Crippen LogP contribution is 2.26. The summed E-state index contributed by atoms with van der Waals surface area (Å²) < 4.78 is 10.2. The Morgan fingerprint density at radius 3 is 2.39 bits per heavy atom. The fourth-order valence-corrected chi connectivity index (χ4v) is 3.15. The van der Waals surface area contributed by atoms with E-state index in [9.17, 15) is 19.2 Å².